The minimum absolute atomic E-state index is 0.530. The maximum absolute atomic E-state index is 14.2. The fourth-order valence-corrected chi connectivity index (χ4v) is 2.14. The first-order valence-corrected chi connectivity index (χ1v) is 5.47. The van der Waals surface area contributed by atoms with Crippen molar-refractivity contribution in [2.24, 2.45) is 4.99 Å². The number of hydrogen-bond acceptors (Lipinski definition) is 1. The molecule has 0 amide bonds. The van der Waals surface area contributed by atoms with Gasteiger partial charge in [-0.3, -0.25) is 9.31 Å². The molecular formula is C12H11BFN3. The summed E-state index contributed by atoms with van der Waals surface area (Å²) >= 11 is 0. The molecule has 0 aliphatic carbocycles. The molecule has 0 bridgehead atoms. The molecule has 0 saturated carbocycles. The summed E-state index contributed by atoms with van der Waals surface area (Å²) in [5, 5.41) is 0. The summed E-state index contributed by atoms with van der Waals surface area (Å²) in [7, 11) is -1.19. The largest absolute Gasteiger partial charge is 0.596 e. The summed E-state index contributed by atoms with van der Waals surface area (Å²) in [6, 6.07) is 7.42. The van der Waals surface area contributed by atoms with E-state index in [1.807, 2.05) is 24.3 Å². The quantitative estimate of drug-likeness (QED) is 0.552. The van der Waals surface area contributed by atoms with Crippen LogP contribution in [0.2, 0.25) is 0 Å². The number of hydrogen-bond donors (Lipinski definition) is 0. The second-order valence-corrected chi connectivity index (χ2v) is 3.89. The molecule has 5 heteroatoms. The highest BCUT2D eigenvalue weighted by Crippen LogP contribution is 2.20. The second-order valence-electron chi connectivity index (χ2n) is 3.89. The number of aliphatic imine (C=N–C) groups is 1. The zero-order valence-corrected chi connectivity index (χ0v) is 9.25. The molecule has 0 saturated heterocycles. The highest BCUT2D eigenvalue weighted by atomic mass is 19.1. The molecule has 3 nitrogen and oxygen atoms in total. The van der Waals surface area contributed by atoms with E-state index >= 15 is 0 Å². The van der Waals surface area contributed by atoms with Gasteiger partial charge < -0.3 is 8.96 Å². The van der Waals surface area contributed by atoms with E-state index < -0.39 is 7.26 Å². The molecule has 3 rings (SSSR count). The van der Waals surface area contributed by atoms with Gasteiger partial charge >= 0.3 is 7.26 Å². The Kier molecular flexibility index (Phi) is 2.25. The fraction of sp³-hybridized carbons (Fsp3) is 0.0833. The third-order valence-corrected chi connectivity index (χ3v) is 2.88. The lowest BCUT2D eigenvalue weighted by molar-refractivity contribution is 0.739. The molecule has 17 heavy (non-hydrogen) atoms. The van der Waals surface area contributed by atoms with Crippen molar-refractivity contribution >= 4 is 13.0 Å². The van der Waals surface area contributed by atoms with Gasteiger partial charge in [0.2, 0.25) is 0 Å². The molecule has 84 valence electrons. The fourth-order valence-electron chi connectivity index (χ4n) is 2.14. The molecule has 0 atom stereocenters. The molecule has 0 spiro atoms. The van der Waals surface area contributed by atoms with E-state index in [2.05, 4.69) is 11.6 Å². The van der Waals surface area contributed by atoms with Crippen LogP contribution in [0.5, 0.6) is 0 Å². The topological polar surface area (TPSA) is 22.2 Å². The van der Waals surface area contributed by atoms with Gasteiger partial charge in [0, 0.05) is 0 Å². The number of rotatable bonds is 2. The normalized spacial score (nSPS) is 13.2. The number of fused-ring (bicyclic) bond motifs is 2. The Balaban J connectivity index is 2.21. The van der Waals surface area contributed by atoms with Crippen molar-refractivity contribution in [1.29, 1.82) is 0 Å². The highest BCUT2D eigenvalue weighted by molar-refractivity contribution is 6.51. The summed E-state index contributed by atoms with van der Waals surface area (Å²) in [5.74, 6) is 0. The zero-order chi connectivity index (χ0) is 11.8. The van der Waals surface area contributed by atoms with Crippen LogP contribution >= 0.6 is 0 Å². The van der Waals surface area contributed by atoms with Gasteiger partial charge in [0.25, 0.3) is 0 Å². The van der Waals surface area contributed by atoms with Crippen LogP contribution in [0.4, 0.5) is 4.32 Å². The summed E-state index contributed by atoms with van der Waals surface area (Å²) < 4.78 is 17.3. The first-order valence-electron chi connectivity index (χ1n) is 5.47. The Morgan fingerprint density at radius 2 is 1.82 bits per heavy atom. The summed E-state index contributed by atoms with van der Waals surface area (Å²) in [5.41, 5.74) is 2.44. The molecule has 2 aromatic rings. The Bertz CT molecular complexity index is 552. The highest BCUT2D eigenvalue weighted by Gasteiger charge is 2.32. The first kappa shape index (κ1) is 10.1. The van der Waals surface area contributed by atoms with Crippen LogP contribution in [0.15, 0.2) is 54.3 Å². The van der Waals surface area contributed by atoms with E-state index in [4.69, 9.17) is 0 Å². The van der Waals surface area contributed by atoms with Crippen LogP contribution in [-0.4, -0.2) is 28.5 Å². The van der Waals surface area contributed by atoms with Gasteiger partial charge in [0.15, 0.2) is 0 Å². The van der Waals surface area contributed by atoms with E-state index in [1.165, 1.54) is 0 Å². The Hall–Kier alpha value is -2.04. The SMILES string of the molecule is C=CCN=C1c2cccn2B(F)n2cccc21. The van der Waals surface area contributed by atoms with Crippen LogP contribution in [-0.2, 0) is 0 Å². The monoisotopic (exact) mass is 227 g/mol. The van der Waals surface area contributed by atoms with E-state index in [0.717, 1.165) is 17.1 Å². The van der Waals surface area contributed by atoms with E-state index in [9.17, 15) is 4.32 Å². The molecule has 0 unspecified atom stereocenters. The van der Waals surface area contributed by atoms with Crippen molar-refractivity contribution in [1.82, 2.24) is 8.96 Å². The molecule has 0 fully saturated rings. The lowest BCUT2D eigenvalue weighted by Gasteiger charge is -2.22. The predicted octanol–water partition coefficient (Wildman–Crippen LogP) is 1.98. The summed E-state index contributed by atoms with van der Waals surface area (Å²) in [6.45, 7) is 4.18. The van der Waals surface area contributed by atoms with Gasteiger partial charge in [-0.05, 0) is 36.7 Å². The van der Waals surface area contributed by atoms with Crippen LogP contribution in [0.1, 0.15) is 11.4 Å². The lowest BCUT2D eigenvalue weighted by Crippen LogP contribution is -2.38. The summed E-state index contributed by atoms with van der Waals surface area (Å²) in [6.07, 6.45) is 5.19. The third kappa shape index (κ3) is 1.39. The number of nitrogens with zero attached hydrogens (tertiary/aromatic N) is 3. The van der Waals surface area contributed by atoms with Gasteiger partial charge in [0.1, 0.15) is 5.71 Å². The molecule has 3 heterocycles. The minimum Gasteiger partial charge on any atom is -0.340 e. The molecular weight excluding hydrogens is 216 g/mol. The van der Waals surface area contributed by atoms with Crippen molar-refractivity contribution in [2.45, 2.75) is 0 Å². The van der Waals surface area contributed by atoms with Crippen molar-refractivity contribution in [3.8, 4) is 0 Å². The predicted molar refractivity (Wildman–Crippen MR) is 67.2 cm³/mol. The van der Waals surface area contributed by atoms with Gasteiger partial charge in [0.05, 0.1) is 17.9 Å². The number of aromatic nitrogens is 2. The summed E-state index contributed by atoms with van der Waals surface area (Å²) in [4.78, 5) is 4.45. The average molecular weight is 227 g/mol. The minimum atomic E-state index is -1.19. The van der Waals surface area contributed by atoms with Crippen LogP contribution in [0.3, 0.4) is 0 Å². The van der Waals surface area contributed by atoms with Crippen LogP contribution in [0.25, 0.3) is 0 Å². The van der Waals surface area contributed by atoms with Crippen molar-refractivity contribution in [2.75, 3.05) is 6.54 Å². The third-order valence-electron chi connectivity index (χ3n) is 2.88. The van der Waals surface area contributed by atoms with Gasteiger partial charge in [-0.1, -0.05) is 6.08 Å². The van der Waals surface area contributed by atoms with Gasteiger partial charge in [-0.15, -0.1) is 6.58 Å². The average Bonchev–Trinajstić information content (AvgIpc) is 2.97. The molecule has 1 aliphatic heterocycles. The molecule has 0 N–H and O–H groups in total. The first-order chi connectivity index (χ1) is 8.33. The Labute approximate surface area is 99.1 Å². The Morgan fingerprint density at radius 3 is 2.35 bits per heavy atom. The lowest BCUT2D eigenvalue weighted by atomic mass is 9.97. The molecule has 0 aromatic carbocycles. The Morgan fingerprint density at radius 1 is 1.24 bits per heavy atom. The van der Waals surface area contributed by atoms with E-state index in [-0.39, 0.29) is 0 Å². The molecule has 1 aliphatic rings. The van der Waals surface area contributed by atoms with Crippen LogP contribution < -0.4 is 0 Å². The van der Waals surface area contributed by atoms with Gasteiger partial charge in [-0.2, -0.15) is 0 Å². The van der Waals surface area contributed by atoms with Crippen molar-refractivity contribution in [3.05, 3.63) is 60.7 Å². The van der Waals surface area contributed by atoms with Crippen LogP contribution in [0, 0.1) is 0 Å². The van der Waals surface area contributed by atoms with Crippen molar-refractivity contribution in [3.63, 3.8) is 0 Å². The van der Waals surface area contributed by atoms with Gasteiger partial charge in [-0.25, -0.2) is 0 Å². The molecule has 2 aromatic heterocycles. The second kappa shape index (κ2) is 3.77. The number of halogens is 1. The maximum Gasteiger partial charge on any atom is 0.596 e. The van der Waals surface area contributed by atoms with E-state index in [0.29, 0.717) is 6.54 Å². The molecule has 0 radical (unpaired) electrons. The smallest absolute Gasteiger partial charge is 0.340 e. The zero-order valence-electron chi connectivity index (χ0n) is 9.25. The standard InChI is InChI=1S/C12H11BFN3/c1-2-7-15-12-10-5-3-8-16(10)13(14)17-9-4-6-11(12)17/h2-6,8-9H,1,7H2. The maximum atomic E-state index is 14.2. The van der Waals surface area contributed by atoms with Crippen molar-refractivity contribution < 1.29 is 4.32 Å². The van der Waals surface area contributed by atoms with E-state index in [1.54, 1.807) is 27.4 Å².